The van der Waals surface area contributed by atoms with Gasteiger partial charge in [-0.3, -0.25) is 9.59 Å². The molecule has 0 N–H and O–H groups in total. The van der Waals surface area contributed by atoms with Gasteiger partial charge in [0.2, 0.25) is 9.39 Å². The Kier molecular flexibility index (Phi) is 2.06. The van der Waals surface area contributed by atoms with Gasteiger partial charge in [0.05, 0.1) is 0 Å². The van der Waals surface area contributed by atoms with Crippen LogP contribution in [-0.2, 0) is 9.59 Å². The molecule has 2 atom stereocenters. The molecule has 0 saturated heterocycles. The lowest BCUT2D eigenvalue weighted by molar-refractivity contribution is -0.115. The van der Waals surface area contributed by atoms with E-state index in [0.29, 0.717) is 6.42 Å². The normalized spacial score (nSPS) is 31.8. The van der Waals surface area contributed by atoms with Gasteiger partial charge in [0, 0.05) is 11.8 Å². The van der Waals surface area contributed by atoms with Crippen molar-refractivity contribution in [3.8, 4) is 0 Å². The van der Waals surface area contributed by atoms with Crippen molar-refractivity contribution in [3.63, 3.8) is 0 Å². The van der Waals surface area contributed by atoms with Crippen LogP contribution in [0.1, 0.15) is 6.42 Å². The summed E-state index contributed by atoms with van der Waals surface area (Å²) in [5.74, 6) is -0.117. The Labute approximate surface area is 69.3 Å². The van der Waals surface area contributed by atoms with Crippen molar-refractivity contribution in [2.75, 3.05) is 0 Å². The highest BCUT2D eigenvalue weighted by Crippen LogP contribution is 2.42. The van der Waals surface area contributed by atoms with Gasteiger partial charge < -0.3 is 0 Å². The van der Waals surface area contributed by atoms with Crippen molar-refractivity contribution in [2.45, 2.75) is 6.42 Å². The van der Waals surface area contributed by atoms with E-state index in [-0.39, 0.29) is 21.2 Å². The van der Waals surface area contributed by atoms with Crippen LogP contribution in [0.5, 0.6) is 0 Å². The summed E-state index contributed by atoms with van der Waals surface area (Å²) >= 11 is 5.60. The summed E-state index contributed by atoms with van der Waals surface area (Å²) in [6.07, 6.45) is 0.703. The average molecular weight is 256 g/mol. The number of rotatable bonds is 2. The van der Waals surface area contributed by atoms with E-state index in [1.54, 1.807) is 0 Å². The van der Waals surface area contributed by atoms with Crippen LogP contribution in [0, 0.1) is 11.8 Å². The molecule has 1 saturated carbocycles. The van der Waals surface area contributed by atoms with Gasteiger partial charge in [0.25, 0.3) is 0 Å². The molecule has 1 fully saturated rings. The van der Waals surface area contributed by atoms with Gasteiger partial charge in [0.15, 0.2) is 0 Å². The fraction of sp³-hybridized carbons (Fsp3) is 0.600. The summed E-state index contributed by atoms with van der Waals surface area (Å²) in [4.78, 5) is 20.9. The molecule has 0 aromatic rings. The Morgan fingerprint density at radius 3 is 1.56 bits per heavy atom. The SMILES string of the molecule is O=C(Br)C1CC1C(=O)Br. The zero-order chi connectivity index (χ0) is 7.02. The van der Waals surface area contributed by atoms with E-state index in [1.807, 2.05) is 0 Å². The molecule has 0 heterocycles. The smallest absolute Gasteiger partial charge is 0.201 e. The molecule has 2 unspecified atom stereocenters. The molecule has 2 nitrogen and oxygen atoms in total. The fourth-order valence-electron chi connectivity index (χ4n) is 0.697. The van der Waals surface area contributed by atoms with Crippen LogP contribution in [-0.4, -0.2) is 9.39 Å². The first-order chi connectivity index (χ1) is 4.13. The van der Waals surface area contributed by atoms with Crippen LogP contribution in [0.2, 0.25) is 0 Å². The summed E-state index contributed by atoms with van der Waals surface area (Å²) in [6, 6.07) is 0. The van der Waals surface area contributed by atoms with Gasteiger partial charge in [0.1, 0.15) is 0 Å². The second kappa shape index (κ2) is 2.50. The van der Waals surface area contributed by atoms with Gasteiger partial charge >= 0.3 is 0 Å². The quantitative estimate of drug-likeness (QED) is 0.701. The highest BCUT2D eigenvalue weighted by atomic mass is 79.9. The monoisotopic (exact) mass is 254 g/mol. The molecule has 50 valence electrons. The lowest BCUT2D eigenvalue weighted by Crippen LogP contribution is -1.96. The Morgan fingerprint density at radius 2 is 1.44 bits per heavy atom. The van der Waals surface area contributed by atoms with Crippen molar-refractivity contribution in [1.82, 2.24) is 0 Å². The first-order valence-corrected chi connectivity index (χ1v) is 4.10. The Morgan fingerprint density at radius 1 is 1.11 bits per heavy atom. The van der Waals surface area contributed by atoms with Gasteiger partial charge in [-0.25, -0.2) is 0 Å². The third-order valence-corrected chi connectivity index (χ3v) is 2.55. The minimum absolute atomic E-state index is 0.0553. The molecule has 0 aromatic carbocycles. The average Bonchev–Trinajstić information content (AvgIpc) is 2.39. The van der Waals surface area contributed by atoms with Crippen LogP contribution in [0.3, 0.4) is 0 Å². The highest BCUT2D eigenvalue weighted by Gasteiger charge is 2.45. The maximum absolute atomic E-state index is 10.5. The third kappa shape index (κ3) is 1.61. The molecule has 0 bridgehead atoms. The van der Waals surface area contributed by atoms with Gasteiger partial charge in [-0.1, -0.05) is 0 Å². The van der Waals surface area contributed by atoms with Crippen LogP contribution < -0.4 is 0 Å². The van der Waals surface area contributed by atoms with E-state index in [0.717, 1.165) is 0 Å². The first-order valence-electron chi connectivity index (χ1n) is 2.51. The zero-order valence-electron chi connectivity index (χ0n) is 4.43. The molecule has 4 heteroatoms. The molecule has 1 aliphatic rings. The topological polar surface area (TPSA) is 34.1 Å². The van der Waals surface area contributed by atoms with Crippen LogP contribution in [0.15, 0.2) is 0 Å². The maximum Gasteiger partial charge on any atom is 0.201 e. The number of carbonyl (C=O) groups is 2. The number of halogens is 2. The standard InChI is InChI=1S/C5H4Br2O2/c6-4(8)2-1-3(2)5(7)9/h2-3H,1H2. The molecular formula is C5H4Br2O2. The van der Waals surface area contributed by atoms with E-state index < -0.39 is 0 Å². The number of carbonyl (C=O) groups excluding carboxylic acids is 2. The zero-order valence-corrected chi connectivity index (χ0v) is 7.61. The predicted molar refractivity (Wildman–Crippen MR) is 39.5 cm³/mol. The summed E-state index contributed by atoms with van der Waals surface area (Å²) in [5, 5.41) is 0. The predicted octanol–water partition coefficient (Wildman–Crippen LogP) is 1.47. The maximum atomic E-state index is 10.5. The van der Waals surface area contributed by atoms with Crippen molar-refractivity contribution in [3.05, 3.63) is 0 Å². The van der Waals surface area contributed by atoms with E-state index in [1.165, 1.54) is 0 Å². The number of hydrogen-bond acceptors (Lipinski definition) is 2. The minimum Gasteiger partial charge on any atom is -0.286 e. The van der Waals surface area contributed by atoms with Crippen molar-refractivity contribution in [2.24, 2.45) is 11.8 Å². The fourth-order valence-corrected chi connectivity index (χ4v) is 1.71. The first kappa shape index (κ1) is 7.41. The minimum atomic E-state index is -0.0584. The largest absolute Gasteiger partial charge is 0.286 e. The molecule has 0 radical (unpaired) electrons. The second-order valence-corrected chi connectivity index (χ2v) is 3.62. The molecular weight excluding hydrogens is 252 g/mol. The highest BCUT2D eigenvalue weighted by molar-refractivity contribution is 9.18. The number of hydrogen-bond donors (Lipinski definition) is 0. The van der Waals surface area contributed by atoms with Gasteiger partial charge in [-0.15, -0.1) is 0 Å². The molecule has 0 amide bonds. The van der Waals surface area contributed by atoms with Crippen LogP contribution >= 0.6 is 31.9 Å². The Hall–Kier alpha value is 0.300. The lowest BCUT2D eigenvalue weighted by atomic mass is 10.4. The molecule has 0 spiro atoms. The molecule has 1 rings (SSSR count). The molecule has 1 aliphatic carbocycles. The van der Waals surface area contributed by atoms with Crippen LogP contribution in [0.25, 0.3) is 0 Å². The van der Waals surface area contributed by atoms with Crippen molar-refractivity contribution >= 4 is 41.2 Å². The van der Waals surface area contributed by atoms with E-state index in [2.05, 4.69) is 31.9 Å². The summed E-state index contributed by atoms with van der Waals surface area (Å²) in [6.45, 7) is 0. The van der Waals surface area contributed by atoms with Gasteiger partial charge in [-0.2, -0.15) is 0 Å². The van der Waals surface area contributed by atoms with Gasteiger partial charge in [-0.05, 0) is 38.3 Å². The molecule has 0 aromatic heterocycles. The van der Waals surface area contributed by atoms with Crippen molar-refractivity contribution in [1.29, 1.82) is 0 Å². The van der Waals surface area contributed by atoms with Crippen molar-refractivity contribution < 1.29 is 9.59 Å². The molecule has 0 aliphatic heterocycles. The second-order valence-electron chi connectivity index (χ2n) is 2.06. The Balaban J connectivity index is 2.42. The van der Waals surface area contributed by atoms with Crippen LogP contribution in [0.4, 0.5) is 0 Å². The summed E-state index contributed by atoms with van der Waals surface area (Å²) < 4.78 is -0.111. The lowest BCUT2D eigenvalue weighted by Gasteiger charge is -1.83. The van der Waals surface area contributed by atoms with E-state index in [9.17, 15) is 9.59 Å². The molecule has 9 heavy (non-hydrogen) atoms. The summed E-state index contributed by atoms with van der Waals surface area (Å²) in [5.41, 5.74) is 0. The summed E-state index contributed by atoms with van der Waals surface area (Å²) in [7, 11) is 0. The Bertz CT molecular complexity index is 148. The van der Waals surface area contributed by atoms with E-state index >= 15 is 0 Å². The third-order valence-electron chi connectivity index (χ3n) is 1.37. The van der Waals surface area contributed by atoms with E-state index in [4.69, 9.17) is 0 Å².